The lowest BCUT2D eigenvalue weighted by molar-refractivity contribution is -0.384. The van der Waals surface area contributed by atoms with Gasteiger partial charge in [-0.25, -0.2) is 0 Å². The van der Waals surface area contributed by atoms with E-state index < -0.39 is 10.3 Å². The molecule has 2 aliphatic rings. The Morgan fingerprint density at radius 2 is 1.68 bits per heavy atom. The van der Waals surface area contributed by atoms with Gasteiger partial charge in [-0.05, 0) is 89.2 Å². The van der Waals surface area contributed by atoms with Crippen molar-refractivity contribution >= 4 is 39.2 Å². The molecule has 0 aromatic heterocycles. The SMILES string of the molecule is COc1ccc(C2=CC(c3ccc(Br)cc3)C3=C(CC(C)(C)/C(=C/c4ccc([N+](=O)[O-])cc4)C3=O)N2)cc1. The van der Waals surface area contributed by atoms with Gasteiger partial charge in [0.15, 0.2) is 5.78 Å². The van der Waals surface area contributed by atoms with Crippen molar-refractivity contribution in [3.05, 3.63) is 127 Å². The van der Waals surface area contributed by atoms with Crippen LogP contribution in [0, 0.1) is 15.5 Å². The number of nitrogens with zero attached hydrogens (tertiary/aromatic N) is 1. The molecule has 0 saturated heterocycles. The zero-order chi connectivity index (χ0) is 27.0. The number of halogens is 1. The van der Waals surface area contributed by atoms with Gasteiger partial charge in [-0.15, -0.1) is 0 Å². The Morgan fingerprint density at radius 3 is 2.29 bits per heavy atom. The summed E-state index contributed by atoms with van der Waals surface area (Å²) in [7, 11) is 1.64. The van der Waals surface area contributed by atoms with E-state index in [4.69, 9.17) is 4.74 Å². The molecule has 3 aromatic carbocycles. The van der Waals surface area contributed by atoms with Crippen molar-refractivity contribution in [3.63, 3.8) is 0 Å². The molecular weight excluding hydrogens is 544 g/mol. The quantitative estimate of drug-likeness (QED) is 0.196. The van der Waals surface area contributed by atoms with Gasteiger partial charge in [0.1, 0.15) is 5.75 Å². The fraction of sp³-hybridized carbons (Fsp3) is 0.194. The van der Waals surface area contributed by atoms with Crippen LogP contribution >= 0.6 is 15.9 Å². The number of rotatable bonds is 5. The smallest absolute Gasteiger partial charge is 0.269 e. The van der Waals surface area contributed by atoms with Gasteiger partial charge in [-0.1, -0.05) is 41.9 Å². The van der Waals surface area contributed by atoms with Gasteiger partial charge in [0, 0.05) is 45.1 Å². The minimum Gasteiger partial charge on any atom is -0.497 e. The molecule has 0 spiro atoms. The maximum atomic E-state index is 14.2. The van der Waals surface area contributed by atoms with Crippen molar-refractivity contribution in [2.75, 3.05) is 7.11 Å². The lowest BCUT2D eigenvalue weighted by atomic mass is 9.67. The minimum absolute atomic E-state index is 0.0138. The predicted octanol–water partition coefficient (Wildman–Crippen LogP) is 7.43. The molecule has 0 radical (unpaired) electrons. The monoisotopic (exact) mass is 570 g/mol. The van der Waals surface area contributed by atoms with E-state index >= 15 is 0 Å². The Balaban J connectivity index is 1.59. The van der Waals surface area contributed by atoms with Crippen LogP contribution in [-0.2, 0) is 4.79 Å². The average Bonchev–Trinajstić information content (AvgIpc) is 2.91. The number of nitro benzene ring substituents is 1. The summed E-state index contributed by atoms with van der Waals surface area (Å²) in [5.74, 6) is 0.532. The van der Waals surface area contributed by atoms with Crippen LogP contribution in [0.2, 0.25) is 0 Å². The van der Waals surface area contributed by atoms with Crippen molar-refractivity contribution in [2.24, 2.45) is 5.41 Å². The van der Waals surface area contributed by atoms with E-state index in [1.54, 1.807) is 19.2 Å². The molecule has 1 unspecified atom stereocenters. The number of carbonyl (C=O) groups is 1. The molecule has 1 atom stereocenters. The van der Waals surface area contributed by atoms with Crippen LogP contribution < -0.4 is 10.1 Å². The molecule has 1 aliphatic carbocycles. The van der Waals surface area contributed by atoms with Gasteiger partial charge < -0.3 is 10.1 Å². The van der Waals surface area contributed by atoms with Crippen LogP contribution in [0.15, 0.2) is 100 Å². The van der Waals surface area contributed by atoms with E-state index in [0.29, 0.717) is 12.0 Å². The van der Waals surface area contributed by atoms with Crippen LogP contribution in [0.25, 0.3) is 11.8 Å². The summed E-state index contributed by atoms with van der Waals surface area (Å²) < 4.78 is 6.30. The van der Waals surface area contributed by atoms with Crippen molar-refractivity contribution in [2.45, 2.75) is 26.2 Å². The van der Waals surface area contributed by atoms with Crippen LogP contribution in [0.1, 0.15) is 42.9 Å². The van der Waals surface area contributed by atoms with E-state index in [2.05, 4.69) is 41.2 Å². The summed E-state index contributed by atoms with van der Waals surface area (Å²) in [5.41, 5.74) is 5.66. The van der Waals surface area contributed by atoms with E-state index in [1.807, 2.05) is 54.6 Å². The molecule has 3 aromatic rings. The van der Waals surface area contributed by atoms with Crippen molar-refractivity contribution in [1.82, 2.24) is 5.32 Å². The topological polar surface area (TPSA) is 81.5 Å². The average molecular weight is 571 g/mol. The van der Waals surface area contributed by atoms with Crippen LogP contribution in [0.5, 0.6) is 5.75 Å². The third kappa shape index (κ3) is 4.94. The van der Waals surface area contributed by atoms with Crippen LogP contribution in [0.4, 0.5) is 5.69 Å². The number of hydrogen-bond acceptors (Lipinski definition) is 5. The highest BCUT2D eigenvalue weighted by Crippen LogP contribution is 2.48. The molecule has 38 heavy (non-hydrogen) atoms. The number of methoxy groups -OCH3 is 1. The van der Waals surface area contributed by atoms with Gasteiger partial charge in [-0.2, -0.15) is 0 Å². The third-order valence-electron chi connectivity index (χ3n) is 7.14. The Labute approximate surface area is 230 Å². The molecule has 1 N–H and O–H groups in total. The first kappa shape index (κ1) is 25.7. The summed E-state index contributed by atoms with van der Waals surface area (Å²) >= 11 is 3.52. The van der Waals surface area contributed by atoms with Gasteiger partial charge >= 0.3 is 0 Å². The molecular formula is C31H27BrN2O4. The second kappa shape index (κ2) is 10.1. The highest BCUT2D eigenvalue weighted by Gasteiger charge is 2.42. The van der Waals surface area contributed by atoms with E-state index in [0.717, 1.165) is 43.9 Å². The number of allylic oxidation sites excluding steroid dienone is 4. The molecule has 7 heteroatoms. The van der Waals surface area contributed by atoms with E-state index in [1.165, 1.54) is 12.1 Å². The Morgan fingerprint density at radius 1 is 1.03 bits per heavy atom. The van der Waals surface area contributed by atoms with Crippen LogP contribution in [0.3, 0.4) is 0 Å². The summed E-state index contributed by atoms with van der Waals surface area (Å²) in [4.78, 5) is 24.9. The van der Waals surface area contributed by atoms with Crippen molar-refractivity contribution < 1.29 is 14.5 Å². The van der Waals surface area contributed by atoms with Gasteiger partial charge in [0.05, 0.1) is 12.0 Å². The molecule has 6 nitrogen and oxygen atoms in total. The normalized spacial score (nSPS) is 19.5. The fourth-order valence-corrected chi connectivity index (χ4v) is 5.37. The maximum absolute atomic E-state index is 14.2. The number of non-ortho nitro benzene ring substituents is 1. The van der Waals surface area contributed by atoms with Crippen molar-refractivity contribution in [3.8, 4) is 5.75 Å². The van der Waals surface area contributed by atoms with Gasteiger partial charge in [-0.3, -0.25) is 14.9 Å². The maximum Gasteiger partial charge on any atom is 0.269 e. The number of nitrogens with one attached hydrogen (secondary N) is 1. The van der Waals surface area contributed by atoms with Gasteiger partial charge in [0.2, 0.25) is 0 Å². The highest BCUT2D eigenvalue weighted by molar-refractivity contribution is 9.10. The number of nitro groups is 1. The first-order chi connectivity index (χ1) is 18.2. The molecule has 1 aliphatic heterocycles. The highest BCUT2D eigenvalue weighted by atomic mass is 79.9. The first-order valence-electron chi connectivity index (χ1n) is 12.3. The minimum atomic E-state index is -0.447. The first-order valence-corrected chi connectivity index (χ1v) is 13.1. The Hall–Kier alpha value is -3.97. The number of ketones is 1. The Bertz CT molecular complexity index is 1500. The lowest BCUT2D eigenvalue weighted by Gasteiger charge is -2.40. The predicted molar refractivity (Wildman–Crippen MR) is 152 cm³/mol. The molecule has 192 valence electrons. The standard InChI is InChI=1S/C31H27BrN2O4/c1-31(2)18-28-29(30(35)26(31)16-19-4-12-23(13-5-19)34(36)37)25(20-6-10-22(32)11-7-20)17-27(33-28)21-8-14-24(38-3)15-9-21/h4-17,25,33H,18H2,1-3H3/b26-16+. The Kier molecular flexibility index (Phi) is 6.80. The third-order valence-corrected chi connectivity index (χ3v) is 7.67. The second-order valence-electron chi connectivity index (χ2n) is 10.2. The zero-order valence-corrected chi connectivity index (χ0v) is 22.9. The number of Topliss-reactive ketones (excluding diaryl/α,β-unsaturated/α-hetero) is 1. The van der Waals surface area contributed by atoms with Crippen molar-refractivity contribution in [1.29, 1.82) is 0 Å². The zero-order valence-electron chi connectivity index (χ0n) is 21.3. The van der Waals surface area contributed by atoms with Gasteiger partial charge in [0.25, 0.3) is 5.69 Å². The largest absolute Gasteiger partial charge is 0.497 e. The summed E-state index contributed by atoms with van der Waals surface area (Å²) in [5, 5.41) is 14.7. The fourth-order valence-electron chi connectivity index (χ4n) is 5.11. The number of dihydropyridines is 1. The molecule has 0 fully saturated rings. The van der Waals surface area contributed by atoms with E-state index in [9.17, 15) is 14.9 Å². The summed E-state index contributed by atoms with van der Waals surface area (Å²) in [6, 6.07) is 22.2. The molecule has 0 bridgehead atoms. The lowest BCUT2D eigenvalue weighted by Crippen LogP contribution is -2.37. The summed E-state index contributed by atoms with van der Waals surface area (Å²) in [6.07, 6.45) is 4.63. The number of carbonyl (C=O) groups excluding carboxylic acids is 1. The second-order valence-corrected chi connectivity index (χ2v) is 11.1. The number of hydrogen-bond donors (Lipinski definition) is 1. The molecule has 5 rings (SSSR count). The summed E-state index contributed by atoms with van der Waals surface area (Å²) in [6.45, 7) is 4.13. The molecule has 0 saturated carbocycles. The number of benzene rings is 3. The number of ether oxygens (including phenoxy) is 1. The molecule has 1 heterocycles. The molecule has 0 amide bonds. The van der Waals surface area contributed by atoms with E-state index in [-0.39, 0.29) is 17.4 Å². The van der Waals surface area contributed by atoms with Crippen LogP contribution in [-0.4, -0.2) is 17.8 Å².